The molecule has 0 aliphatic rings. The molecule has 146 valence electrons. The average molecular weight is 380 g/mol. The zero-order chi connectivity index (χ0) is 20.3. The highest BCUT2D eigenvalue weighted by Crippen LogP contribution is 2.26. The summed E-state index contributed by atoms with van der Waals surface area (Å²) in [6.07, 6.45) is -0.613. The lowest BCUT2D eigenvalue weighted by molar-refractivity contribution is 0.158. The third-order valence-corrected chi connectivity index (χ3v) is 4.46. The molecule has 0 bridgehead atoms. The quantitative estimate of drug-likeness (QED) is 0.637. The van der Waals surface area contributed by atoms with Crippen molar-refractivity contribution in [2.45, 2.75) is 32.6 Å². The van der Waals surface area contributed by atoms with E-state index in [0.717, 1.165) is 16.8 Å². The Bertz CT molecular complexity index is 1050. The molecule has 3 rings (SSSR count). The number of benzene rings is 2. The molecule has 2 aromatic carbocycles. The van der Waals surface area contributed by atoms with Crippen LogP contribution in [0.5, 0.6) is 0 Å². The molecule has 1 aromatic heterocycles. The van der Waals surface area contributed by atoms with Gasteiger partial charge in [0, 0.05) is 34.8 Å². The molecule has 0 spiro atoms. The van der Waals surface area contributed by atoms with Crippen molar-refractivity contribution in [1.29, 1.82) is 0 Å². The van der Waals surface area contributed by atoms with Gasteiger partial charge in [0.2, 0.25) is 0 Å². The van der Waals surface area contributed by atoms with Gasteiger partial charge in [-0.15, -0.1) is 0 Å². The van der Waals surface area contributed by atoms with Gasteiger partial charge in [-0.2, -0.15) is 0 Å². The normalized spacial score (nSPS) is 11.4. The standard InChI is InChI=1S/C22H24N2O4/c1-22(2,3)16-5-8-17(9-6-16)24-18-7-4-14-12-15(10-11-27-21(23)26)20(25)28-19(14)13-18/h4-9,12-13,24H,10-11H2,1-3H3,(H2,23,26). The van der Waals surface area contributed by atoms with Gasteiger partial charge in [-0.25, -0.2) is 9.59 Å². The number of anilines is 2. The van der Waals surface area contributed by atoms with E-state index in [1.807, 2.05) is 24.3 Å². The summed E-state index contributed by atoms with van der Waals surface area (Å²) in [5, 5.41) is 4.12. The molecule has 0 fully saturated rings. The number of hydrogen-bond acceptors (Lipinski definition) is 5. The molecule has 0 unspecified atom stereocenters. The minimum Gasteiger partial charge on any atom is -0.449 e. The van der Waals surface area contributed by atoms with Crippen molar-refractivity contribution in [3.05, 3.63) is 70.1 Å². The number of fused-ring (bicyclic) bond motifs is 1. The second kappa shape index (κ2) is 7.76. The average Bonchev–Trinajstić information content (AvgIpc) is 2.61. The summed E-state index contributed by atoms with van der Waals surface area (Å²) < 4.78 is 10.1. The van der Waals surface area contributed by atoms with Crippen molar-refractivity contribution >= 4 is 28.4 Å². The number of ether oxygens (including phenoxy) is 1. The molecule has 1 heterocycles. The van der Waals surface area contributed by atoms with E-state index in [-0.39, 0.29) is 18.4 Å². The van der Waals surface area contributed by atoms with E-state index >= 15 is 0 Å². The fraction of sp³-hybridized carbons (Fsp3) is 0.273. The van der Waals surface area contributed by atoms with Crippen LogP contribution in [-0.2, 0) is 16.6 Å². The Morgan fingerprint density at radius 1 is 1.07 bits per heavy atom. The number of hydrogen-bond donors (Lipinski definition) is 2. The highest BCUT2D eigenvalue weighted by molar-refractivity contribution is 5.82. The van der Waals surface area contributed by atoms with Crippen LogP contribution in [0.25, 0.3) is 11.0 Å². The zero-order valence-corrected chi connectivity index (χ0v) is 16.2. The first kappa shape index (κ1) is 19.5. The van der Waals surface area contributed by atoms with Crippen LogP contribution in [0.1, 0.15) is 31.9 Å². The summed E-state index contributed by atoms with van der Waals surface area (Å²) in [6, 6.07) is 15.6. The van der Waals surface area contributed by atoms with Crippen molar-refractivity contribution in [2.24, 2.45) is 5.73 Å². The van der Waals surface area contributed by atoms with Gasteiger partial charge in [0.05, 0.1) is 6.61 Å². The van der Waals surface area contributed by atoms with E-state index in [9.17, 15) is 9.59 Å². The van der Waals surface area contributed by atoms with Crippen LogP contribution < -0.4 is 16.7 Å². The van der Waals surface area contributed by atoms with E-state index in [1.54, 1.807) is 12.1 Å². The minimum atomic E-state index is -0.864. The van der Waals surface area contributed by atoms with Gasteiger partial charge in [0.1, 0.15) is 5.58 Å². The van der Waals surface area contributed by atoms with Crippen LogP contribution in [0.4, 0.5) is 16.2 Å². The molecule has 1 amide bonds. The van der Waals surface area contributed by atoms with Crippen LogP contribution in [0.3, 0.4) is 0 Å². The first-order valence-electron chi connectivity index (χ1n) is 9.09. The van der Waals surface area contributed by atoms with Crippen molar-refractivity contribution in [3.8, 4) is 0 Å². The molecule has 0 atom stereocenters. The topological polar surface area (TPSA) is 94.6 Å². The second-order valence-corrected chi connectivity index (χ2v) is 7.68. The van der Waals surface area contributed by atoms with Gasteiger partial charge in [0.15, 0.2) is 0 Å². The first-order valence-corrected chi connectivity index (χ1v) is 9.09. The number of nitrogens with two attached hydrogens (primary N) is 1. The monoisotopic (exact) mass is 380 g/mol. The predicted octanol–water partition coefficient (Wildman–Crippen LogP) is 4.47. The number of rotatable bonds is 5. The lowest BCUT2D eigenvalue weighted by atomic mass is 9.87. The van der Waals surface area contributed by atoms with E-state index in [2.05, 4.69) is 43.0 Å². The van der Waals surface area contributed by atoms with Gasteiger partial charge in [-0.05, 0) is 41.3 Å². The number of amides is 1. The van der Waals surface area contributed by atoms with Gasteiger partial charge >= 0.3 is 11.7 Å². The molecular weight excluding hydrogens is 356 g/mol. The molecule has 0 radical (unpaired) electrons. The van der Waals surface area contributed by atoms with Crippen LogP contribution in [0.2, 0.25) is 0 Å². The molecule has 0 aliphatic heterocycles. The second-order valence-electron chi connectivity index (χ2n) is 7.68. The molecule has 6 nitrogen and oxygen atoms in total. The van der Waals surface area contributed by atoms with E-state index in [1.165, 1.54) is 5.56 Å². The molecular formula is C22H24N2O4. The van der Waals surface area contributed by atoms with Crippen molar-refractivity contribution in [1.82, 2.24) is 0 Å². The Balaban J connectivity index is 1.78. The van der Waals surface area contributed by atoms with Crippen molar-refractivity contribution < 1.29 is 13.9 Å². The van der Waals surface area contributed by atoms with Crippen molar-refractivity contribution in [3.63, 3.8) is 0 Å². The lowest BCUT2D eigenvalue weighted by Crippen LogP contribution is -2.17. The van der Waals surface area contributed by atoms with Gasteiger partial charge in [-0.1, -0.05) is 32.9 Å². The Morgan fingerprint density at radius 2 is 1.75 bits per heavy atom. The summed E-state index contributed by atoms with van der Waals surface area (Å²) in [7, 11) is 0. The molecule has 3 N–H and O–H groups in total. The van der Waals surface area contributed by atoms with E-state index < -0.39 is 11.7 Å². The van der Waals surface area contributed by atoms with Gasteiger partial charge < -0.3 is 20.2 Å². The third kappa shape index (κ3) is 4.71. The summed E-state index contributed by atoms with van der Waals surface area (Å²) in [4.78, 5) is 22.8. The van der Waals surface area contributed by atoms with Crippen LogP contribution in [-0.4, -0.2) is 12.7 Å². The van der Waals surface area contributed by atoms with E-state index in [4.69, 9.17) is 10.2 Å². The molecule has 0 saturated heterocycles. The molecule has 0 aliphatic carbocycles. The lowest BCUT2D eigenvalue weighted by Gasteiger charge is -2.19. The number of primary amides is 1. The summed E-state index contributed by atoms with van der Waals surface area (Å²) >= 11 is 0. The maximum Gasteiger partial charge on any atom is 0.404 e. The predicted molar refractivity (Wildman–Crippen MR) is 110 cm³/mol. The number of carbonyl (C=O) groups is 1. The summed E-state index contributed by atoms with van der Waals surface area (Å²) in [5.74, 6) is 0. The zero-order valence-electron chi connectivity index (χ0n) is 16.2. The number of carbonyl (C=O) groups excluding carboxylic acids is 1. The van der Waals surface area contributed by atoms with Gasteiger partial charge in [0.25, 0.3) is 0 Å². The SMILES string of the molecule is CC(C)(C)c1ccc(Nc2ccc3cc(CCOC(N)=O)c(=O)oc3c2)cc1. The Labute approximate surface area is 163 Å². The van der Waals surface area contributed by atoms with Gasteiger partial charge in [-0.3, -0.25) is 0 Å². The Kier molecular flexibility index (Phi) is 5.40. The highest BCUT2D eigenvalue weighted by Gasteiger charge is 2.13. The highest BCUT2D eigenvalue weighted by atomic mass is 16.5. The largest absolute Gasteiger partial charge is 0.449 e. The Hall–Kier alpha value is -3.28. The fourth-order valence-corrected chi connectivity index (χ4v) is 2.89. The van der Waals surface area contributed by atoms with Crippen LogP contribution in [0.15, 0.2) is 57.7 Å². The van der Waals surface area contributed by atoms with Crippen LogP contribution in [0, 0.1) is 0 Å². The Morgan fingerprint density at radius 3 is 2.39 bits per heavy atom. The third-order valence-electron chi connectivity index (χ3n) is 4.46. The maximum atomic E-state index is 12.2. The molecule has 6 heteroatoms. The molecule has 28 heavy (non-hydrogen) atoms. The fourth-order valence-electron chi connectivity index (χ4n) is 2.89. The smallest absolute Gasteiger partial charge is 0.404 e. The summed E-state index contributed by atoms with van der Waals surface area (Å²) in [5.41, 5.74) is 8.54. The van der Waals surface area contributed by atoms with Crippen molar-refractivity contribution in [2.75, 3.05) is 11.9 Å². The summed E-state index contributed by atoms with van der Waals surface area (Å²) in [6.45, 7) is 6.56. The molecule has 0 saturated carbocycles. The number of nitrogens with one attached hydrogen (secondary N) is 1. The maximum absolute atomic E-state index is 12.2. The molecule has 3 aromatic rings. The van der Waals surface area contributed by atoms with Crippen LogP contribution >= 0.6 is 0 Å². The first-order chi connectivity index (χ1) is 13.2. The minimum absolute atomic E-state index is 0.0375. The van der Waals surface area contributed by atoms with E-state index in [0.29, 0.717) is 11.1 Å².